The zero-order valence-electron chi connectivity index (χ0n) is 19.0. The molecule has 8 heteroatoms. The van der Waals surface area contributed by atoms with E-state index in [-0.39, 0.29) is 5.78 Å². The van der Waals surface area contributed by atoms with Crippen molar-refractivity contribution in [2.24, 2.45) is 0 Å². The van der Waals surface area contributed by atoms with Crippen molar-refractivity contribution >= 4 is 11.6 Å². The van der Waals surface area contributed by atoms with Gasteiger partial charge in [0.25, 0.3) is 0 Å². The summed E-state index contributed by atoms with van der Waals surface area (Å²) < 4.78 is 0. The van der Waals surface area contributed by atoms with Crippen LogP contribution in [0.3, 0.4) is 0 Å². The van der Waals surface area contributed by atoms with Crippen molar-refractivity contribution < 1.29 is 40.2 Å². The van der Waals surface area contributed by atoms with Crippen molar-refractivity contribution in [1.82, 2.24) is 0 Å². The highest BCUT2D eigenvalue weighted by molar-refractivity contribution is 6.01. The van der Waals surface area contributed by atoms with Crippen molar-refractivity contribution in [3.05, 3.63) is 107 Å². The molecule has 0 aliphatic carbocycles. The number of Topliss-reactive ketones (excluding diaryl/α,β-unsaturated/α-hetero) is 2. The lowest BCUT2D eigenvalue weighted by Crippen LogP contribution is -2.44. The van der Waals surface area contributed by atoms with Crippen molar-refractivity contribution in [2.45, 2.75) is 30.8 Å². The Morgan fingerprint density at radius 2 is 1.26 bits per heavy atom. The molecule has 0 spiro atoms. The summed E-state index contributed by atoms with van der Waals surface area (Å²) in [6.07, 6.45) is -5.68. The van der Waals surface area contributed by atoms with Crippen molar-refractivity contribution in [3.63, 3.8) is 0 Å². The van der Waals surface area contributed by atoms with Crippen LogP contribution in [-0.2, 0) is 11.2 Å². The summed E-state index contributed by atoms with van der Waals surface area (Å²) in [5.74, 6) is -1.27. The molecule has 35 heavy (non-hydrogen) atoms. The van der Waals surface area contributed by atoms with Crippen molar-refractivity contribution in [1.29, 1.82) is 0 Å². The molecule has 0 heterocycles. The second kappa shape index (κ2) is 14.2. The smallest absolute Gasteiger partial charge is 0.196 e. The van der Waals surface area contributed by atoms with E-state index in [2.05, 4.69) is 0 Å². The lowest BCUT2D eigenvalue weighted by atomic mass is 9.93. The molecule has 0 amide bonds. The number of aliphatic hydroxyl groups is 6. The van der Waals surface area contributed by atoms with Crippen LogP contribution in [-0.4, -0.2) is 73.7 Å². The normalized spacial score (nSPS) is 14.1. The molecule has 0 aromatic heterocycles. The van der Waals surface area contributed by atoms with Gasteiger partial charge in [0, 0.05) is 5.56 Å². The summed E-state index contributed by atoms with van der Waals surface area (Å²) in [5, 5.41) is 53.4. The topological polar surface area (TPSA) is 156 Å². The highest BCUT2D eigenvalue weighted by atomic mass is 16.4. The van der Waals surface area contributed by atoms with Gasteiger partial charge in [0.15, 0.2) is 11.6 Å². The van der Waals surface area contributed by atoms with Crippen LogP contribution < -0.4 is 0 Å². The van der Waals surface area contributed by atoms with Gasteiger partial charge in [0.1, 0.15) is 31.0 Å². The Balaban J connectivity index is 0.000000307. The molecule has 0 aliphatic heterocycles. The lowest BCUT2D eigenvalue weighted by molar-refractivity contribution is -0.142. The second-order valence-corrected chi connectivity index (χ2v) is 7.81. The minimum atomic E-state index is -1.86. The van der Waals surface area contributed by atoms with Crippen LogP contribution in [0.15, 0.2) is 84.9 Å². The molecular weight excluding hydrogens is 452 g/mol. The first-order chi connectivity index (χ1) is 16.8. The Morgan fingerprint density at radius 1 is 0.714 bits per heavy atom. The van der Waals surface area contributed by atoms with Crippen LogP contribution in [0.2, 0.25) is 0 Å². The number of carbonyl (C=O) groups is 2. The van der Waals surface area contributed by atoms with Gasteiger partial charge in [-0.15, -0.1) is 0 Å². The summed E-state index contributed by atoms with van der Waals surface area (Å²) in [5.41, 5.74) is 3.26. The summed E-state index contributed by atoms with van der Waals surface area (Å²) in [4.78, 5) is 23.2. The number of ketones is 2. The van der Waals surface area contributed by atoms with Crippen LogP contribution in [0, 0.1) is 0 Å². The molecule has 186 valence electrons. The van der Waals surface area contributed by atoms with E-state index in [9.17, 15) is 14.7 Å². The molecule has 1 unspecified atom stereocenters. The van der Waals surface area contributed by atoms with Crippen molar-refractivity contribution in [3.8, 4) is 0 Å². The Hall–Kier alpha value is -3.24. The van der Waals surface area contributed by atoms with Gasteiger partial charge in [-0.1, -0.05) is 84.9 Å². The molecular formula is C27H30O8. The number of hydrogen-bond donors (Lipinski definition) is 6. The number of benzene rings is 3. The minimum Gasteiger partial charge on any atom is -0.394 e. The fraction of sp³-hybridized carbons (Fsp3) is 0.259. The van der Waals surface area contributed by atoms with Crippen molar-refractivity contribution in [2.75, 3.05) is 13.2 Å². The highest BCUT2D eigenvalue weighted by Gasteiger charge is 2.29. The van der Waals surface area contributed by atoms with E-state index in [1.165, 1.54) is 0 Å². The molecule has 0 bridgehead atoms. The van der Waals surface area contributed by atoms with E-state index in [4.69, 9.17) is 25.5 Å². The van der Waals surface area contributed by atoms with E-state index >= 15 is 0 Å². The van der Waals surface area contributed by atoms with E-state index in [1.807, 2.05) is 66.7 Å². The average Bonchev–Trinajstić information content (AvgIpc) is 2.92. The van der Waals surface area contributed by atoms with Crippen LogP contribution in [0.4, 0.5) is 0 Å². The first-order valence-corrected chi connectivity index (χ1v) is 11.0. The van der Waals surface area contributed by atoms with Gasteiger partial charge >= 0.3 is 0 Å². The summed E-state index contributed by atoms with van der Waals surface area (Å²) in [6, 6.07) is 26.5. The summed E-state index contributed by atoms with van der Waals surface area (Å²) >= 11 is 0. The third kappa shape index (κ3) is 8.18. The number of rotatable bonds is 10. The van der Waals surface area contributed by atoms with Gasteiger partial charge in [0.2, 0.25) is 0 Å². The van der Waals surface area contributed by atoms with Gasteiger partial charge in [-0.3, -0.25) is 9.59 Å². The molecule has 0 aliphatic rings. The van der Waals surface area contributed by atoms with Gasteiger partial charge in [-0.05, 0) is 23.1 Å². The molecule has 6 N–H and O–H groups in total. The second-order valence-electron chi connectivity index (χ2n) is 7.81. The first kappa shape index (κ1) is 28.0. The van der Waals surface area contributed by atoms with Gasteiger partial charge in [-0.2, -0.15) is 0 Å². The SMILES string of the molecule is O=C(CO)[C@@H](O)[C@H](O)[C@H](O)CO.O=C(c1ccccc1Cc1ccccc1)C(O)c1ccccc1. The molecule has 3 aromatic carbocycles. The molecule has 0 radical (unpaired) electrons. The molecule has 3 aromatic rings. The van der Waals surface area contributed by atoms with Gasteiger partial charge in [-0.25, -0.2) is 0 Å². The van der Waals surface area contributed by atoms with Crippen LogP contribution in [0.1, 0.15) is 33.2 Å². The van der Waals surface area contributed by atoms with Crippen LogP contribution >= 0.6 is 0 Å². The Bertz CT molecular complexity index is 1060. The molecule has 0 fully saturated rings. The van der Waals surface area contributed by atoms with Crippen LogP contribution in [0.5, 0.6) is 0 Å². The third-order valence-corrected chi connectivity index (χ3v) is 5.27. The maximum absolute atomic E-state index is 12.7. The minimum absolute atomic E-state index is 0.261. The molecule has 0 saturated carbocycles. The highest BCUT2D eigenvalue weighted by Crippen LogP contribution is 2.22. The quantitative estimate of drug-likeness (QED) is 0.232. The standard InChI is InChI=1S/C21H18O2.C6H12O6/c22-20(17-11-5-2-6-12-17)21(23)19-14-8-7-13-18(19)15-16-9-3-1-4-10-16;7-1-3(9)5(11)6(12)4(10)2-8/h1-14,20,22H,15H2;3,5-9,11-12H,1-2H2/t;3-,5-,6-/m.1/s1. The predicted molar refractivity (Wildman–Crippen MR) is 129 cm³/mol. The molecule has 0 saturated heterocycles. The van der Waals surface area contributed by atoms with E-state index in [0.29, 0.717) is 17.5 Å². The molecule has 4 atom stereocenters. The zero-order valence-corrected chi connectivity index (χ0v) is 19.0. The maximum atomic E-state index is 12.7. The summed E-state index contributed by atoms with van der Waals surface area (Å²) in [7, 11) is 0. The first-order valence-electron chi connectivity index (χ1n) is 11.0. The fourth-order valence-electron chi connectivity index (χ4n) is 3.27. The van der Waals surface area contributed by atoms with E-state index in [1.54, 1.807) is 18.2 Å². The van der Waals surface area contributed by atoms with E-state index in [0.717, 1.165) is 11.1 Å². The van der Waals surface area contributed by atoms with Crippen LogP contribution in [0.25, 0.3) is 0 Å². The fourth-order valence-corrected chi connectivity index (χ4v) is 3.27. The largest absolute Gasteiger partial charge is 0.394 e. The van der Waals surface area contributed by atoms with Gasteiger partial charge in [0.05, 0.1) is 6.61 Å². The predicted octanol–water partition coefficient (Wildman–Crippen LogP) is 0.817. The average molecular weight is 483 g/mol. The number of hydrogen-bond acceptors (Lipinski definition) is 8. The third-order valence-electron chi connectivity index (χ3n) is 5.27. The van der Waals surface area contributed by atoms with Gasteiger partial charge < -0.3 is 30.6 Å². The molecule has 8 nitrogen and oxygen atoms in total. The number of carbonyl (C=O) groups excluding carboxylic acids is 2. The van der Waals surface area contributed by atoms with E-state index < -0.39 is 43.4 Å². The lowest BCUT2D eigenvalue weighted by Gasteiger charge is -2.19. The zero-order chi connectivity index (χ0) is 25.8. The monoisotopic (exact) mass is 482 g/mol. The Kier molecular flexibility index (Phi) is 11.4. The maximum Gasteiger partial charge on any atom is 0.196 e. The number of aliphatic hydroxyl groups excluding tert-OH is 6. The summed E-state index contributed by atoms with van der Waals surface area (Å²) in [6.45, 7) is -1.69. The Morgan fingerprint density at radius 3 is 1.83 bits per heavy atom. The Labute approximate surface area is 203 Å². The molecule has 3 rings (SSSR count).